The molecule has 2 aliphatic rings. The molecule has 0 unspecified atom stereocenters. The molecular formula is C15H25NO2. The Morgan fingerprint density at radius 2 is 2.17 bits per heavy atom. The number of hydrogen-bond donors (Lipinski definition) is 0. The van der Waals surface area contributed by atoms with Crippen molar-refractivity contribution in [2.24, 2.45) is 5.41 Å². The molecule has 3 heteroatoms. The largest absolute Gasteiger partial charge is 0.449 e. The summed E-state index contributed by atoms with van der Waals surface area (Å²) in [7, 11) is 0. The second kappa shape index (κ2) is 5.77. The van der Waals surface area contributed by atoms with Crippen molar-refractivity contribution in [2.75, 3.05) is 19.7 Å². The predicted octanol–water partition coefficient (Wildman–Crippen LogP) is 3.75. The number of likely N-dealkylation sites (tertiary alicyclic amines) is 1. The maximum absolute atomic E-state index is 12.0. The zero-order valence-electron chi connectivity index (χ0n) is 11.5. The molecule has 0 aromatic heterocycles. The van der Waals surface area contributed by atoms with Gasteiger partial charge in [0, 0.05) is 18.5 Å². The topological polar surface area (TPSA) is 29.5 Å². The van der Waals surface area contributed by atoms with Crippen molar-refractivity contribution in [1.29, 1.82) is 0 Å². The first-order chi connectivity index (χ1) is 8.68. The third-order valence-electron chi connectivity index (χ3n) is 4.47. The third kappa shape index (κ3) is 2.70. The lowest BCUT2D eigenvalue weighted by atomic mass is 9.75. The average molecular weight is 251 g/mol. The molecule has 0 bridgehead atoms. The summed E-state index contributed by atoms with van der Waals surface area (Å²) in [5.74, 6) is 0. The van der Waals surface area contributed by atoms with Crippen LogP contribution < -0.4 is 0 Å². The molecule has 3 nitrogen and oxygen atoms in total. The van der Waals surface area contributed by atoms with Gasteiger partial charge >= 0.3 is 6.09 Å². The summed E-state index contributed by atoms with van der Waals surface area (Å²) in [4.78, 5) is 13.9. The molecule has 1 saturated carbocycles. The van der Waals surface area contributed by atoms with Gasteiger partial charge in [-0.1, -0.05) is 38.3 Å². The van der Waals surface area contributed by atoms with Crippen LogP contribution in [-0.2, 0) is 4.74 Å². The molecule has 1 aliphatic heterocycles. The summed E-state index contributed by atoms with van der Waals surface area (Å²) in [5, 5.41) is 0. The first-order valence-electron chi connectivity index (χ1n) is 7.28. The molecule has 1 saturated heterocycles. The third-order valence-corrected chi connectivity index (χ3v) is 4.47. The van der Waals surface area contributed by atoms with Crippen LogP contribution in [0.5, 0.6) is 0 Å². The first kappa shape index (κ1) is 13.4. The van der Waals surface area contributed by atoms with Crippen molar-refractivity contribution >= 4 is 6.09 Å². The Bertz CT molecular complexity index is 318. The van der Waals surface area contributed by atoms with Crippen LogP contribution in [0.4, 0.5) is 4.79 Å². The monoisotopic (exact) mass is 251 g/mol. The van der Waals surface area contributed by atoms with E-state index in [1.54, 1.807) is 0 Å². The molecule has 0 radical (unpaired) electrons. The molecular weight excluding hydrogens is 226 g/mol. The van der Waals surface area contributed by atoms with Gasteiger partial charge in [0.05, 0.1) is 6.61 Å². The molecule has 2 fully saturated rings. The van der Waals surface area contributed by atoms with Gasteiger partial charge in [0.2, 0.25) is 0 Å². The normalized spacial score (nSPS) is 22.5. The van der Waals surface area contributed by atoms with Gasteiger partial charge in [-0.15, -0.1) is 0 Å². The van der Waals surface area contributed by atoms with Gasteiger partial charge in [-0.05, 0) is 25.7 Å². The van der Waals surface area contributed by atoms with Crippen LogP contribution in [0.25, 0.3) is 0 Å². The van der Waals surface area contributed by atoms with E-state index in [4.69, 9.17) is 4.74 Å². The molecule has 1 spiro atoms. The Morgan fingerprint density at radius 3 is 2.83 bits per heavy atom. The summed E-state index contributed by atoms with van der Waals surface area (Å²) < 4.78 is 5.32. The molecule has 1 aliphatic carbocycles. The van der Waals surface area contributed by atoms with E-state index in [-0.39, 0.29) is 11.5 Å². The van der Waals surface area contributed by atoms with Crippen LogP contribution in [0.15, 0.2) is 12.2 Å². The molecule has 1 heterocycles. The summed E-state index contributed by atoms with van der Waals surface area (Å²) in [6.07, 6.45) is 7.79. The molecule has 0 aromatic rings. The van der Waals surface area contributed by atoms with Crippen molar-refractivity contribution in [3.05, 3.63) is 12.2 Å². The predicted molar refractivity (Wildman–Crippen MR) is 72.5 cm³/mol. The van der Waals surface area contributed by atoms with E-state index < -0.39 is 0 Å². The molecule has 0 N–H and O–H groups in total. The van der Waals surface area contributed by atoms with Gasteiger partial charge in [0.1, 0.15) is 0 Å². The van der Waals surface area contributed by atoms with Gasteiger partial charge in [0.15, 0.2) is 0 Å². The fraction of sp³-hybridized carbons (Fsp3) is 0.800. The van der Waals surface area contributed by atoms with Crippen LogP contribution in [0.1, 0.15) is 51.9 Å². The highest BCUT2D eigenvalue weighted by Gasteiger charge is 2.42. The summed E-state index contributed by atoms with van der Waals surface area (Å²) >= 11 is 0. The number of hydrogen-bond acceptors (Lipinski definition) is 2. The van der Waals surface area contributed by atoms with Crippen molar-refractivity contribution in [2.45, 2.75) is 51.9 Å². The van der Waals surface area contributed by atoms with Gasteiger partial charge in [-0.2, -0.15) is 0 Å². The molecule has 0 aromatic carbocycles. The van der Waals surface area contributed by atoms with Crippen molar-refractivity contribution in [1.82, 2.24) is 4.90 Å². The fourth-order valence-corrected chi connectivity index (χ4v) is 3.21. The molecule has 0 atom stereocenters. The van der Waals surface area contributed by atoms with E-state index in [0.717, 1.165) is 32.4 Å². The van der Waals surface area contributed by atoms with E-state index >= 15 is 0 Å². The maximum Gasteiger partial charge on any atom is 0.409 e. The number of carbonyl (C=O) groups excluding carboxylic acids is 1. The first-order valence-corrected chi connectivity index (χ1v) is 7.28. The van der Waals surface area contributed by atoms with Gasteiger partial charge in [0.25, 0.3) is 0 Å². The standard InChI is InChI=1S/C15H25NO2/c1-3-4-11-18-14(17)16-10-7-13(2)15(12-16)8-5-6-9-15/h2-12H2,1H3. The molecule has 102 valence electrons. The average Bonchev–Trinajstić information content (AvgIpc) is 2.82. The lowest BCUT2D eigenvalue weighted by molar-refractivity contribution is 0.0760. The Labute approximate surface area is 110 Å². The van der Waals surface area contributed by atoms with E-state index in [1.807, 2.05) is 4.90 Å². The number of rotatable bonds is 3. The second-order valence-electron chi connectivity index (χ2n) is 5.73. The molecule has 18 heavy (non-hydrogen) atoms. The Morgan fingerprint density at radius 1 is 1.44 bits per heavy atom. The minimum Gasteiger partial charge on any atom is -0.449 e. The second-order valence-corrected chi connectivity index (χ2v) is 5.73. The fourth-order valence-electron chi connectivity index (χ4n) is 3.21. The summed E-state index contributed by atoms with van der Waals surface area (Å²) in [5.41, 5.74) is 1.57. The van der Waals surface area contributed by atoms with Gasteiger partial charge in [-0.25, -0.2) is 4.79 Å². The van der Waals surface area contributed by atoms with Crippen molar-refractivity contribution < 1.29 is 9.53 Å². The van der Waals surface area contributed by atoms with Crippen LogP contribution >= 0.6 is 0 Å². The maximum atomic E-state index is 12.0. The number of ether oxygens (including phenoxy) is 1. The highest BCUT2D eigenvalue weighted by atomic mass is 16.6. The minimum absolute atomic E-state index is 0.123. The SMILES string of the molecule is C=C1CCN(C(=O)OCCCC)CC12CCCC2. The lowest BCUT2D eigenvalue weighted by Crippen LogP contribution is -2.46. The number of amides is 1. The van der Waals surface area contributed by atoms with Crippen LogP contribution in [0.3, 0.4) is 0 Å². The van der Waals surface area contributed by atoms with Gasteiger partial charge < -0.3 is 9.64 Å². The highest BCUT2D eigenvalue weighted by molar-refractivity contribution is 5.68. The number of unbranched alkanes of at least 4 members (excludes halogenated alkanes) is 1. The quantitative estimate of drug-likeness (QED) is 0.565. The van der Waals surface area contributed by atoms with Crippen LogP contribution in [0, 0.1) is 5.41 Å². The number of piperidine rings is 1. The van der Waals surface area contributed by atoms with Crippen molar-refractivity contribution in [3.8, 4) is 0 Å². The van der Waals surface area contributed by atoms with Crippen LogP contribution in [-0.4, -0.2) is 30.7 Å². The number of nitrogens with zero attached hydrogens (tertiary/aromatic N) is 1. The van der Waals surface area contributed by atoms with E-state index in [9.17, 15) is 4.79 Å². The minimum atomic E-state index is -0.123. The van der Waals surface area contributed by atoms with Crippen LogP contribution in [0.2, 0.25) is 0 Å². The lowest BCUT2D eigenvalue weighted by Gasteiger charge is -2.41. The smallest absolute Gasteiger partial charge is 0.409 e. The Hall–Kier alpha value is -0.990. The molecule has 2 rings (SSSR count). The van der Waals surface area contributed by atoms with E-state index in [1.165, 1.54) is 31.3 Å². The van der Waals surface area contributed by atoms with Crippen molar-refractivity contribution in [3.63, 3.8) is 0 Å². The zero-order chi connectivity index (χ0) is 13.0. The van der Waals surface area contributed by atoms with E-state index in [0.29, 0.717) is 6.61 Å². The highest BCUT2D eigenvalue weighted by Crippen LogP contribution is 2.47. The number of carbonyl (C=O) groups is 1. The zero-order valence-corrected chi connectivity index (χ0v) is 11.5. The summed E-state index contributed by atoms with van der Waals surface area (Å²) in [6, 6.07) is 0. The van der Waals surface area contributed by atoms with Gasteiger partial charge in [-0.3, -0.25) is 0 Å². The Balaban J connectivity index is 1.90. The molecule has 1 amide bonds. The van der Waals surface area contributed by atoms with E-state index in [2.05, 4.69) is 13.5 Å². The summed E-state index contributed by atoms with van der Waals surface area (Å²) in [6.45, 7) is 8.51. The Kier molecular flexibility index (Phi) is 4.31.